The first kappa shape index (κ1) is 17.4. The zero-order valence-corrected chi connectivity index (χ0v) is 16.1. The summed E-state index contributed by atoms with van der Waals surface area (Å²) < 4.78 is 0. The van der Waals surface area contributed by atoms with Crippen molar-refractivity contribution in [2.45, 2.75) is 42.4 Å². The predicted molar refractivity (Wildman–Crippen MR) is 104 cm³/mol. The van der Waals surface area contributed by atoms with E-state index in [-0.39, 0.29) is 11.2 Å². The lowest BCUT2D eigenvalue weighted by Gasteiger charge is -2.35. The average molecular weight is 372 g/mol. The number of pyridine rings is 1. The summed E-state index contributed by atoms with van der Waals surface area (Å²) in [6.07, 6.45) is 4.24. The van der Waals surface area contributed by atoms with Gasteiger partial charge in [-0.15, -0.1) is 0 Å². The summed E-state index contributed by atoms with van der Waals surface area (Å²) >= 11 is 1.52. The number of nitrogens with one attached hydrogen (secondary N) is 1. The summed E-state index contributed by atoms with van der Waals surface area (Å²) in [6, 6.07) is 7.97. The Morgan fingerprint density at radius 2 is 2.04 bits per heavy atom. The topological polar surface area (TPSA) is 65.1 Å². The molecule has 2 aromatic rings. The van der Waals surface area contributed by atoms with E-state index >= 15 is 0 Å². The molecular formula is C19H25N5OS. The van der Waals surface area contributed by atoms with Gasteiger partial charge in [0, 0.05) is 49.6 Å². The molecule has 0 aromatic carbocycles. The number of amides is 1. The Morgan fingerprint density at radius 3 is 2.69 bits per heavy atom. The van der Waals surface area contributed by atoms with E-state index in [1.54, 1.807) is 6.20 Å². The fraction of sp³-hybridized carbons (Fsp3) is 0.526. The zero-order chi connectivity index (χ0) is 18.1. The van der Waals surface area contributed by atoms with Crippen LogP contribution in [0.1, 0.15) is 32.4 Å². The molecule has 1 N–H and O–H groups in total. The van der Waals surface area contributed by atoms with Crippen LogP contribution in [0.25, 0.3) is 0 Å². The van der Waals surface area contributed by atoms with E-state index in [0.717, 1.165) is 37.0 Å². The normalized spacial score (nSPS) is 20.1. The molecular weight excluding hydrogens is 346 g/mol. The van der Waals surface area contributed by atoms with Crippen LogP contribution in [0.3, 0.4) is 0 Å². The fourth-order valence-electron chi connectivity index (χ4n) is 3.30. The van der Waals surface area contributed by atoms with Gasteiger partial charge in [0.25, 0.3) is 0 Å². The van der Waals surface area contributed by atoms with Crippen molar-refractivity contribution < 1.29 is 4.79 Å². The van der Waals surface area contributed by atoms with Crippen LogP contribution in [0.15, 0.2) is 35.5 Å². The van der Waals surface area contributed by atoms with Crippen LogP contribution in [0.4, 0.5) is 5.82 Å². The Bertz CT molecular complexity index is 765. The fourth-order valence-corrected chi connectivity index (χ4v) is 4.19. The minimum Gasteiger partial charge on any atom is -0.352 e. The van der Waals surface area contributed by atoms with E-state index in [2.05, 4.69) is 33.1 Å². The second-order valence-electron chi connectivity index (χ2n) is 7.44. The van der Waals surface area contributed by atoms with Crippen molar-refractivity contribution in [2.24, 2.45) is 0 Å². The molecule has 2 aliphatic rings. The average Bonchev–Trinajstić information content (AvgIpc) is 3.22. The Morgan fingerprint density at radius 1 is 1.27 bits per heavy atom. The van der Waals surface area contributed by atoms with E-state index in [4.69, 9.17) is 0 Å². The highest BCUT2D eigenvalue weighted by Gasteiger charge is 2.41. The molecule has 1 aliphatic carbocycles. The maximum atomic E-state index is 12.7. The number of anilines is 1. The molecule has 4 rings (SSSR count). The monoisotopic (exact) mass is 371 g/mol. The largest absolute Gasteiger partial charge is 0.352 e. The van der Waals surface area contributed by atoms with Crippen LogP contribution in [-0.2, 0) is 10.2 Å². The Balaban J connectivity index is 1.31. The van der Waals surface area contributed by atoms with Gasteiger partial charge in [-0.2, -0.15) is 5.10 Å². The van der Waals surface area contributed by atoms with E-state index in [0.29, 0.717) is 5.41 Å². The van der Waals surface area contributed by atoms with Crippen molar-refractivity contribution >= 4 is 23.5 Å². The summed E-state index contributed by atoms with van der Waals surface area (Å²) in [7, 11) is 0. The maximum Gasteiger partial charge on any atom is 0.235 e. The molecule has 7 heteroatoms. The Labute approximate surface area is 158 Å². The molecule has 2 fully saturated rings. The van der Waals surface area contributed by atoms with Crippen LogP contribution in [0.2, 0.25) is 0 Å². The molecule has 0 bridgehead atoms. The number of hydrogen-bond donors (Lipinski definition) is 1. The lowest BCUT2D eigenvalue weighted by atomic mass is 10.1. The number of thioether (sulfide) groups is 1. The number of nitrogens with zero attached hydrogens (tertiary/aromatic N) is 4. The molecule has 0 radical (unpaired) electrons. The van der Waals surface area contributed by atoms with Gasteiger partial charge in [0.05, 0.1) is 10.3 Å². The van der Waals surface area contributed by atoms with E-state index in [9.17, 15) is 4.79 Å². The van der Waals surface area contributed by atoms with Crippen molar-refractivity contribution in [2.75, 3.05) is 31.1 Å². The van der Waals surface area contributed by atoms with Gasteiger partial charge in [-0.25, -0.2) is 4.98 Å². The summed E-state index contributed by atoms with van der Waals surface area (Å²) in [5.41, 5.74) is 1.55. The van der Waals surface area contributed by atoms with Crippen LogP contribution < -0.4 is 4.90 Å². The molecule has 138 valence electrons. The van der Waals surface area contributed by atoms with E-state index < -0.39 is 0 Å². The smallest absolute Gasteiger partial charge is 0.235 e. The van der Waals surface area contributed by atoms with Gasteiger partial charge >= 0.3 is 0 Å². The second kappa shape index (κ2) is 6.95. The van der Waals surface area contributed by atoms with Gasteiger partial charge in [0.15, 0.2) is 5.82 Å². The molecule has 1 amide bonds. The Hall–Kier alpha value is -2.02. The molecule has 2 aromatic heterocycles. The number of H-pyrrole nitrogens is 1. The van der Waals surface area contributed by atoms with E-state index in [1.165, 1.54) is 30.3 Å². The number of aromatic nitrogens is 3. The standard InChI is InChI=1S/C19H25N5OS/c1-14(26-17-5-3-4-8-20-17)18(25)24-11-9-23(10-12-24)16-13-15(21-22-16)19(2)6-7-19/h3-5,8,13-14H,6-7,9-12H2,1-2H3,(H,21,22)/t14-/m1/s1. The van der Waals surface area contributed by atoms with E-state index in [1.807, 2.05) is 30.0 Å². The van der Waals surface area contributed by atoms with Crippen LogP contribution in [0.5, 0.6) is 0 Å². The highest BCUT2D eigenvalue weighted by Crippen LogP contribution is 2.47. The number of aromatic amines is 1. The van der Waals surface area contributed by atoms with Crippen molar-refractivity contribution in [1.82, 2.24) is 20.1 Å². The molecule has 26 heavy (non-hydrogen) atoms. The second-order valence-corrected chi connectivity index (χ2v) is 8.80. The van der Waals surface area contributed by atoms with Gasteiger partial charge in [0.2, 0.25) is 5.91 Å². The van der Waals surface area contributed by atoms with Gasteiger partial charge in [-0.1, -0.05) is 24.8 Å². The summed E-state index contributed by atoms with van der Waals surface area (Å²) in [4.78, 5) is 21.3. The van der Waals surface area contributed by atoms with Crippen LogP contribution >= 0.6 is 11.8 Å². The van der Waals surface area contributed by atoms with Crippen molar-refractivity contribution in [3.05, 3.63) is 36.2 Å². The highest BCUT2D eigenvalue weighted by atomic mass is 32.2. The molecule has 1 saturated carbocycles. The van der Waals surface area contributed by atoms with Crippen molar-refractivity contribution in [1.29, 1.82) is 0 Å². The molecule has 1 saturated heterocycles. The first-order chi connectivity index (χ1) is 12.5. The number of rotatable bonds is 5. The third-order valence-electron chi connectivity index (χ3n) is 5.41. The number of carbonyl (C=O) groups excluding carboxylic acids is 1. The predicted octanol–water partition coefficient (Wildman–Crippen LogP) is 2.69. The third kappa shape index (κ3) is 3.58. The summed E-state index contributed by atoms with van der Waals surface area (Å²) in [5, 5.41) is 8.47. The summed E-state index contributed by atoms with van der Waals surface area (Å²) in [5.74, 6) is 1.20. The van der Waals surface area contributed by atoms with Gasteiger partial charge in [-0.3, -0.25) is 9.89 Å². The van der Waals surface area contributed by atoms with Crippen molar-refractivity contribution in [3.8, 4) is 0 Å². The van der Waals surface area contributed by atoms with Crippen molar-refractivity contribution in [3.63, 3.8) is 0 Å². The number of piperazine rings is 1. The molecule has 6 nitrogen and oxygen atoms in total. The quantitative estimate of drug-likeness (QED) is 0.819. The molecule has 3 heterocycles. The lowest BCUT2D eigenvalue weighted by Crippen LogP contribution is -2.50. The van der Waals surface area contributed by atoms with Gasteiger partial charge < -0.3 is 9.80 Å². The molecule has 0 unspecified atom stereocenters. The molecule has 0 spiro atoms. The van der Waals surface area contributed by atoms with Gasteiger partial charge in [-0.05, 0) is 31.9 Å². The molecule has 1 atom stereocenters. The minimum atomic E-state index is -0.122. The van der Waals surface area contributed by atoms with Crippen LogP contribution in [0, 0.1) is 0 Å². The SMILES string of the molecule is C[C@@H](Sc1ccccn1)C(=O)N1CCN(c2cc(C3(C)CC3)[nH]n2)CC1. The third-order valence-corrected chi connectivity index (χ3v) is 6.45. The first-order valence-electron chi connectivity index (χ1n) is 9.22. The maximum absolute atomic E-state index is 12.7. The summed E-state index contributed by atoms with van der Waals surface area (Å²) in [6.45, 7) is 7.38. The minimum absolute atomic E-state index is 0.122. The molecule has 1 aliphatic heterocycles. The number of hydrogen-bond acceptors (Lipinski definition) is 5. The lowest BCUT2D eigenvalue weighted by molar-refractivity contribution is -0.130. The van der Waals surface area contributed by atoms with Gasteiger partial charge in [0.1, 0.15) is 0 Å². The highest BCUT2D eigenvalue weighted by molar-refractivity contribution is 8.00. The zero-order valence-electron chi connectivity index (χ0n) is 15.3. The Kier molecular flexibility index (Phi) is 4.65. The number of carbonyl (C=O) groups is 1. The first-order valence-corrected chi connectivity index (χ1v) is 10.1. The van der Waals surface area contributed by atoms with Crippen LogP contribution in [-0.4, -0.2) is 57.4 Å².